The van der Waals surface area contributed by atoms with Gasteiger partial charge in [-0.25, -0.2) is 8.78 Å². The van der Waals surface area contributed by atoms with Crippen molar-refractivity contribution in [3.8, 4) is 0 Å². The van der Waals surface area contributed by atoms with Crippen LogP contribution in [0.5, 0.6) is 0 Å². The van der Waals surface area contributed by atoms with Crippen molar-refractivity contribution in [3.05, 3.63) is 12.7 Å². The van der Waals surface area contributed by atoms with Crippen molar-refractivity contribution in [2.75, 3.05) is 13.1 Å². The zero-order valence-corrected chi connectivity index (χ0v) is 6.67. The summed E-state index contributed by atoms with van der Waals surface area (Å²) >= 11 is 0. The van der Waals surface area contributed by atoms with Gasteiger partial charge in [-0.3, -0.25) is 4.79 Å². The fraction of sp³-hybridized carbons (Fsp3) is 0.625. The number of amides is 1. The van der Waals surface area contributed by atoms with E-state index >= 15 is 0 Å². The smallest absolute Gasteiger partial charge is 0.255 e. The molecule has 2 nitrogen and oxygen atoms in total. The van der Waals surface area contributed by atoms with E-state index in [9.17, 15) is 13.6 Å². The Kier molecular flexibility index (Phi) is 2.78. The second-order valence-corrected chi connectivity index (χ2v) is 2.89. The van der Waals surface area contributed by atoms with Gasteiger partial charge in [0.15, 0.2) is 0 Å². The van der Waals surface area contributed by atoms with Gasteiger partial charge in [0.25, 0.3) is 6.43 Å². The minimum Gasteiger partial charge on any atom is -0.336 e. The van der Waals surface area contributed by atoms with E-state index in [1.807, 2.05) is 0 Å². The summed E-state index contributed by atoms with van der Waals surface area (Å²) in [5, 5.41) is 0. The summed E-state index contributed by atoms with van der Waals surface area (Å²) in [6.45, 7) is 3.48. The maximum atomic E-state index is 11.9. The van der Waals surface area contributed by atoms with Crippen molar-refractivity contribution in [1.82, 2.24) is 4.90 Å². The van der Waals surface area contributed by atoms with Crippen LogP contribution in [0.4, 0.5) is 8.78 Å². The fourth-order valence-corrected chi connectivity index (χ4v) is 1.30. The second-order valence-electron chi connectivity index (χ2n) is 2.89. The Labute approximate surface area is 69.9 Å². The maximum absolute atomic E-state index is 11.9. The van der Waals surface area contributed by atoms with Crippen molar-refractivity contribution < 1.29 is 13.6 Å². The monoisotopic (exact) mass is 175 g/mol. The zero-order chi connectivity index (χ0) is 9.14. The molecule has 1 atom stereocenters. The van der Waals surface area contributed by atoms with Crippen LogP contribution in [0.1, 0.15) is 6.42 Å². The number of likely N-dealkylation sites (tertiary alicyclic amines) is 1. The third-order valence-electron chi connectivity index (χ3n) is 1.94. The van der Waals surface area contributed by atoms with Crippen LogP contribution in [0.2, 0.25) is 0 Å². The van der Waals surface area contributed by atoms with Crippen molar-refractivity contribution in [1.29, 1.82) is 0 Å². The van der Waals surface area contributed by atoms with Gasteiger partial charge in [-0.2, -0.15) is 0 Å². The van der Waals surface area contributed by atoms with Crippen LogP contribution in [0.25, 0.3) is 0 Å². The SMILES string of the molecule is C=CC1CC(=O)N(CC(F)F)C1. The second kappa shape index (κ2) is 3.65. The van der Waals surface area contributed by atoms with Crippen LogP contribution < -0.4 is 0 Å². The summed E-state index contributed by atoms with van der Waals surface area (Å²) < 4.78 is 23.7. The summed E-state index contributed by atoms with van der Waals surface area (Å²) in [6, 6.07) is 0. The molecule has 0 aromatic carbocycles. The lowest BCUT2D eigenvalue weighted by atomic mass is 10.1. The van der Waals surface area contributed by atoms with Crippen LogP contribution in [-0.2, 0) is 4.79 Å². The molecular formula is C8H11F2NO. The summed E-state index contributed by atoms with van der Waals surface area (Å²) in [6.07, 6.45) is -0.461. The van der Waals surface area contributed by atoms with Gasteiger partial charge < -0.3 is 4.90 Å². The first kappa shape index (κ1) is 9.16. The molecule has 0 bridgehead atoms. The molecule has 0 N–H and O–H groups in total. The number of nitrogens with zero attached hydrogens (tertiary/aromatic N) is 1. The summed E-state index contributed by atoms with van der Waals surface area (Å²) in [4.78, 5) is 12.2. The number of rotatable bonds is 3. The Balaban J connectivity index is 2.46. The molecule has 68 valence electrons. The molecule has 1 amide bonds. The number of carbonyl (C=O) groups excluding carboxylic acids is 1. The molecule has 12 heavy (non-hydrogen) atoms. The normalized spacial score (nSPS) is 23.8. The van der Waals surface area contributed by atoms with Crippen molar-refractivity contribution in [2.45, 2.75) is 12.8 Å². The van der Waals surface area contributed by atoms with E-state index in [2.05, 4.69) is 6.58 Å². The maximum Gasteiger partial charge on any atom is 0.255 e. The molecule has 1 aliphatic heterocycles. The highest BCUT2D eigenvalue weighted by atomic mass is 19.3. The lowest BCUT2D eigenvalue weighted by molar-refractivity contribution is -0.129. The standard InChI is InChI=1S/C8H11F2NO/c1-2-6-3-8(12)11(4-6)5-7(9)10/h2,6-7H,1,3-5H2. The van der Waals surface area contributed by atoms with Gasteiger partial charge in [-0.15, -0.1) is 6.58 Å². The van der Waals surface area contributed by atoms with Crippen molar-refractivity contribution in [3.63, 3.8) is 0 Å². The predicted molar refractivity (Wildman–Crippen MR) is 40.9 cm³/mol. The molecule has 1 heterocycles. The molecule has 1 unspecified atom stereocenters. The number of alkyl halides is 2. The van der Waals surface area contributed by atoms with Crippen LogP contribution >= 0.6 is 0 Å². The lowest BCUT2D eigenvalue weighted by Crippen LogP contribution is -2.30. The highest BCUT2D eigenvalue weighted by Crippen LogP contribution is 2.18. The summed E-state index contributed by atoms with van der Waals surface area (Å²) in [5.74, 6) is -0.142. The first-order valence-electron chi connectivity index (χ1n) is 3.82. The molecule has 1 saturated heterocycles. The molecule has 0 spiro atoms. The van der Waals surface area contributed by atoms with Gasteiger partial charge in [0.05, 0.1) is 6.54 Å². The van der Waals surface area contributed by atoms with E-state index in [0.29, 0.717) is 13.0 Å². The Hall–Kier alpha value is -0.930. The summed E-state index contributed by atoms with van der Waals surface area (Å²) in [7, 11) is 0. The highest BCUT2D eigenvalue weighted by molar-refractivity contribution is 5.78. The van der Waals surface area contributed by atoms with E-state index < -0.39 is 13.0 Å². The average molecular weight is 175 g/mol. The number of halogens is 2. The predicted octanol–water partition coefficient (Wildman–Crippen LogP) is 1.29. The van der Waals surface area contributed by atoms with E-state index in [1.54, 1.807) is 6.08 Å². The Bertz CT molecular complexity index is 193. The molecule has 0 saturated carbocycles. The highest BCUT2D eigenvalue weighted by Gasteiger charge is 2.28. The Morgan fingerprint density at radius 2 is 2.42 bits per heavy atom. The van der Waals surface area contributed by atoms with Gasteiger partial charge in [0.1, 0.15) is 0 Å². The zero-order valence-electron chi connectivity index (χ0n) is 6.67. The Morgan fingerprint density at radius 1 is 1.75 bits per heavy atom. The molecule has 0 radical (unpaired) electrons. The first-order valence-corrected chi connectivity index (χ1v) is 3.82. The van der Waals surface area contributed by atoms with E-state index in [1.165, 1.54) is 4.90 Å². The molecule has 1 aliphatic rings. The van der Waals surface area contributed by atoms with Crippen LogP contribution in [0.3, 0.4) is 0 Å². The largest absolute Gasteiger partial charge is 0.336 e. The van der Waals surface area contributed by atoms with Crippen LogP contribution in [-0.4, -0.2) is 30.3 Å². The molecular weight excluding hydrogens is 164 g/mol. The molecule has 1 fully saturated rings. The quantitative estimate of drug-likeness (QED) is 0.592. The van der Waals surface area contributed by atoms with Gasteiger partial charge in [0.2, 0.25) is 5.91 Å². The first-order chi connectivity index (χ1) is 5.63. The average Bonchev–Trinajstić information content (AvgIpc) is 2.31. The lowest BCUT2D eigenvalue weighted by Gasteiger charge is -2.14. The number of carbonyl (C=O) groups is 1. The van der Waals surface area contributed by atoms with Crippen molar-refractivity contribution in [2.24, 2.45) is 5.92 Å². The molecule has 1 rings (SSSR count). The van der Waals surface area contributed by atoms with Crippen LogP contribution in [0.15, 0.2) is 12.7 Å². The van der Waals surface area contributed by atoms with Crippen LogP contribution in [0, 0.1) is 5.92 Å². The van der Waals surface area contributed by atoms with Gasteiger partial charge in [0, 0.05) is 18.9 Å². The third-order valence-corrected chi connectivity index (χ3v) is 1.94. The third kappa shape index (κ3) is 2.03. The molecule has 4 heteroatoms. The number of hydrogen-bond donors (Lipinski definition) is 0. The minimum atomic E-state index is -2.43. The van der Waals surface area contributed by atoms with Gasteiger partial charge in [-0.05, 0) is 0 Å². The molecule has 0 aliphatic carbocycles. The molecule has 0 aromatic heterocycles. The fourth-order valence-electron chi connectivity index (χ4n) is 1.30. The van der Waals surface area contributed by atoms with Crippen molar-refractivity contribution >= 4 is 5.91 Å². The summed E-state index contributed by atoms with van der Waals surface area (Å²) in [5.41, 5.74) is 0. The minimum absolute atomic E-state index is 0.0521. The van der Waals surface area contributed by atoms with E-state index in [-0.39, 0.29) is 11.8 Å². The van der Waals surface area contributed by atoms with Gasteiger partial charge in [-0.1, -0.05) is 6.08 Å². The molecule has 0 aromatic rings. The Morgan fingerprint density at radius 3 is 2.83 bits per heavy atom. The van der Waals surface area contributed by atoms with E-state index in [0.717, 1.165) is 0 Å². The topological polar surface area (TPSA) is 20.3 Å². The van der Waals surface area contributed by atoms with Gasteiger partial charge >= 0.3 is 0 Å². The van der Waals surface area contributed by atoms with E-state index in [4.69, 9.17) is 0 Å². The number of hydrogen-bond acceptors (Lipinski definition) is 1.